The number of ether oxygens (including phenoxy) is 1. The molecular weight excluding hydrogens is 228 g/mol. The summed E-state index contributed by atoms with van der Waals surface area (Å²) < 4.78 is 5.29. The van der Waals surface area contributed by atoms with Crippen molar-refractivity contribution >= 4 is 6.09 Å². The number of carbonyl (C=O) groups is 1. The summed E-state index contributed by atoms with van der Waals surface area (Å²) in [5.41, 5.74) is 1.02. The Morgan fingerprint density at radius 3 is 3.00 bits per heavy atom. The second kappa shape index (κ2) is 4.28. The molecule has 2 heterocycles. The zero-order valence-electron chi connectivity index (χ0n) is 10.6. The third-order valence-electron chi connectivity index (χ3n) is 4.18. The summed E-state index contributed by atoms with van der Waals surface area (Å²) in [4.78, 5) is 13.9. The van der Waals surface area contributed by atoms with E-state index in [0.29, 0.717) is 19.1 Å². The van der Waals surface area contributed by atoms with Gasteiger partial charge in [0.15, 0.2) is 0 Å². The first-order valence-electron chi connectivity index (χ1n) is 6.39. The Kier molecular flexibility index (Phi) is 2.74. The van der Waals surface area contributed by atoms with Gasteiger partial charge in [0, 0.05) is 25.6 Å². The topological polar surface area (TPSA) is 41.6 Å². The summed E-state index contributed by atoms with van der Waals surface area (Å²) in [7, 11) is 0. The summed E-state index contributed by atoms with van der Waals surface area (Å²) in [6.07, 6.45) is -0.193. The Morgan fingerprint density at radius 1 is 1.44 bits per heavy atom. The van der Waals surface area contributed by atoms with E-state index in [1.54, 1.807) is 0 Å². The number of benzene rings is 1. The van der Waals surface area contributed by atoms with E-state index in [-0.39, 0.29) is 11.6 Å². The van der Waals surface area contributed by atoms with Crippen molar-refractivity contribution in [3.05, 3.63) is 35.9 Å². The molecule has 2 atom stereocenters. The monoisotopic (exact) mass is 246 g/mol. The zero-order chi connectivity index (χ0) is 12.6. The Balaban J connectivity index is 1.86. The lowest BCUT2D eigenvalue weighted by molar-refractivity contribution is -0.0214. The van der Waals surface area contributed by atoms with Crippen molar-refractivity contribution in [2.45, 2.75) is 19.0 Å². The molecule has 2 saturated heterocycles. The van der Waals surface area contributed by atoms with Crippen LogP contribution in [-0.2, 0) is 11.3 Å². The van der Waals surface area contributed by atoms with Crippen LogP contribution in [0.25, 0.3) is 0 Å². The predicted molar refractivity (Wildman–Crippen MR) is 68.1 cm³/mol. The molecule has 96 valence electrons. The van der Waals surface area contributed by atoms with E-state index >= 15 is 0 Å². The van der Waals surface area contributed by atoms with Gasteiger partial charge in [-0.05, 0) is 12.5 Å². The van der Waals surface area contributed by atoms with E-state index in [2.05, 4.69) is 12.2 Å². The normalized spacial score (nSPS) is 31.1. The van der Waals surface area contributed by atoms with Crippen molar-refractivity contribution in [3.8, 4) is 0 Å². The molecule has 1 aromatic carbocycles. The van der Waals surface area contributed by atoms with Gasteiger partial charge in [0.2, 0.25) is 0 Å². The maximum atomic E-state index is 12.0. The van der Waals surface area contributed by atoms with Crippen molar-refractivity contribution in [1.29, 1.82) is 0 Å². The van der Waals surface area contributed by atoms with Gasteiger partial charge in [-0.1, -0.05) is 30.3 Å². The molecule has 2 fully saturated rings. The maximum Gasteiger partial charge on any atom is 0.410 e. The fourth-order valence-corrected chi connectivity index (χ4v) is 2.89. The van der Waals surface area contributed by atoms with Crippen molar-refractivity contribution < 1.29 is 9.53 Å². The van der Waals surface area contributed by atoms with Crippen LogP contribution in [0.3, 0.4) is 0 Å². The van der Waals surface area contributed by atoms with Gasteiger partial charge >= 0.3 is 6.09 Å². The summed E-state index contributed by atoms with van der Waals surface area (Å²) >= 11 is 0. The highest BCUT2D eigenvalue weighted by Crippen LogP contribution is 2.34. The molecule has 3 rings (SSSR count). The molecule has 2 unspecified atom stereocenters. The molecule has 0 saturated carbocycles. The molecule has 4 heteroatoms. The first-order valence-corrected chi connectivity index (χ1v) is 6.39. The van der Waals surface area contributed by atoms with Gasteiger partial charge < -0.3 is 10.1 Å². The average Bonchev–Trinajstić information content (AvgIpc) is 2.77. The molecule has 2 aliphatic heterocycles. The number of hydrogen-bond donors (Lipinski definition) is 1. The standard InChI is InChI=1S/C14H18N2O2/c1-14-10-15-7-12(14)9-18-13(17)16(14)8-11-5-3-2-4-6-11/h2-6,12,15H,7-10H2,1H3. The molecule has 1 N–H and O–H groups in total. The molecular formula is C14H18N2O2. The molecule has 0 aromatic heterocycles. The number of rotatable bonds is 2. The summed E-state index contributed by atoms with van der Waals surface area (Å²) in [5.74, 6) is 0.388. The number of nitrogens with zero attached hydrogens (tertiary/aromatic N) is 1. The number of carbonyl (C=O) groups excluding carboxylic acids is 1. The highest BCUT2D eigenvalue weighted by atomic mass is 16.6. The predicted octanol–water partition coefficient (Wildman–Crippen LogP) is 1.62. The van der Waals surface area contributed by atoms with Crippen molar-refractivity contribution in [3.63, 3.8) is 0 Å². The molecule has 1 aromatic rings. The van der Waals surface area contributed by atoms with Gasteiger partial charge in [-0.25, -0.2) is 4.79 Å². The molecule has 0 aliphatic carbocycles. The summed E-state index contributed by atoms with van der Waals surface area (Å²) in [5, 5.41) is 3.37. The van der Waals surface area contributed by atoms with Crippen LogP contribution in [0.1, 0.15) is 12.5 Å². The second-order valence-electron chi connectivity index (χ2n) is 5.33. The van der Waals surface area contributed by atoms with E-state index in [9.17, 15) is 4.79 Å². The van der Waals surface area contributed by atoms with Crippen LogP contribution in [0.15, 0.2) is 30.3 Å². The smallest absolute Gasteiger partial charge is 0.410 e. The van der Waals surface area contributed by atoms with Crippen LogP contribution >= 0.6 is 0 Å². The molecule has 0 radical (unpaired) electrons. The lowest BCUT2D eigenvalue weighted by atomic mass is 9.86. The molecule has 4 nitrogen and oxygen atoms in total. The minimum absolute atomic E-state index is 0.120. The van der Waals surface area contributed by atoms with Crippen molar-refractivity contribution in [2.75, 3.05) is 19.7 Å². The van der Waals surface area contributed by atoms with E-state index in [1.165, 1.54) is 0 Å². The number of cyclic esters (lactones) is 1. The van der Waals surface area contributed by atoms with Gasteiger partial charge in [-0.15, -0.1) is 0 Å². The van der Waals surface area contributed by atoms with E-state index < -0.39 is 0 Å². The second-order valence-corrected chi connectivity index (χ2v) is 5.33. The van der Waals surface area contributed by atoms with E-state index in [1.807, 2.05) is 35.2 Å². The molecule has 0 bridgehead atoms. The Hall–Kier alpha value is -1.55. The number of amides is 1. The number of nitrogens with one attached hydrogen (secondary N) is 1. The van der Waals surface area contributed by atoms with Crippen LogP contribution in [-0.4, -0.2) is 36.2 Å². The quantitative estimate of drug-likeness (QED) is 0.862. The van der Waals surface area contributed by atoms with E-state index in [4.69, 9.17) is 4.74 Å². The fourth-order valence-electron chi connectivity index (χ4n) is 2.89. The van der Waals surface area contributed by atoms with Gasteiger partial charge in [0.05, 0.1) is 12.1 Å². The Bertz CT molecular complexity index is 448. The minimum atomic E-state index is -0.193. The Morgan fingerprint density at radius 2 is 2.22 bits per heavy atom. The first kappa shape index (κ1) is 11.5. The molecule has 18 heavy (non-hydrogen) atoms. The lowest BCUT2D eigenvalue weighted by Gasteiger charge is -2.45. The molecule has 2 aliphatic rings. The number of fused-ring (bicyclic) bond motifs is 1. The maximum absolute atomic E-state index is 12.0. The van der Waals surface area contributed by atoms with Gasteiger partial charge in [-0.3, -0.25) is 4.90 Å². The molecule has 1 amide bonds. The Labute approximate surface area is 107 Å². The van der Waals surface area contributed by atoms with Gasteiger partial charge in [-0.2, -0.15) is 0 Å². The SMILES string of the molecule is CC12CNCC1COC(=O)N2Cc1ccccc1. The summed E-state index contributed by atoms with van der Waals surface area (Å²) in [6.45, 7) is 5.08. The van der Waals surface area contributed by atoms with Crippen LogP contribution in [0, 0.1) is 5.92 Å². The lowest BCUT2D eigenvalue weighted by Crippen LogP contribution is -2.59. The fraction of sp³-hybridized carbons (Fsp3) is 0.500. The molecule has 0 spiro atoms. The third kappa shape index (κ3) is 1.77. The highest BCUT2D eigenvalue weighted by Gasteiger charge is 2.49. The zero-order valence-corrected chi connectivity index (χ0v) is 10.6. The van der Waals surface area contributed by atoms with Gasteiger partial charge in [0.25, 0.3) is 0 Å². The van der Waals surface area contributed by atoms with Crippen molar-refractivity contribution in [2.24, 2.45) is 5.92 Å². The van der Waals surface area contributed by atoms with Crippen molar-refractivity contribution in [1.82, 2.24) is 10.2 Å². The summed E-state index contributed by atoms with van der Waals surface area (Å²) in [6, 6.07) is 10.1. The highest BCUT2D eigenvalue weighted by molar-refractivity contribution is 5.70. The van der Waals surface area contributed by atoms with E-state index in [0.717, 1.165) is 18.7 Å². The van der Waals surface area contributed by atoms with Crippen LogP contribution in [0.2, 0.25) is 0 Å². The first-order chi connectivity index (χ1) is 8.70. The van der Waals surface area contributed by atoms with Crippen LogP contribution in [0.4, 0.5) is 4.79 Å². The van der Waals surface area contributed by atoms with Crippen LogP contribution < -0.4 is 5.32 Å². The third-order valence-corrected chi connectivity index (χ3v) is 4.18. The number of hydrogen-bond acceptors (Lipinski definition) is 3. The average molecular weight is 246 g/mol. The van der Waals surface area contributed by atoms with Gasteiger partial charge in [0.1, 0.15) is 0 Å². The largest absolute Gasteiger partial charge is 0.449 e. The van der Waals surface area contributed by atoms with Crippen LogP contribution in [0.5, 0.6) is 0 Å². The minimum Gasteiger partial charge on any atom is -0.449 e.